The SMILES string of the molecule is Fc1cc(Br)n[c]n1. The molecule has 0 N–H and O–H groups in total. The van der Waals surface area contributed by atoms with Crippen molar-refractivity contribution in [1.29, 1.82) is 0 Å². The molecule has 0 aliphatic carbocycles. The van der Waals surface area contributed by atoms with E-state index in [1.165, 1.54) is 0 Å². The van der Waals surface area contributed by atoms with Crippen LogP contribution in [0.5, 0.6) is 0 Å². The average molecular weight is 176 g/mol. The fourth-order valence-electron chi connectivity index (χ4n) is 0.283. The first-order valence-corrected chi connectivity index (χ1v) is 2.64. The van der Waals surface area contributed by atoms with Crippen molar-refractivity contribution >= 4 is 15.9 Å². The highest BCUT2D eigenvalue weighted by molar-refractivity contribution is 9.10. The van der Waals surface area contributed by atoms with Gasteiger partial charge in [0.15, 0.2) is 0 Å². The molecule has 1 aromatic heterocycles. The number of halogens is 2. The fraction of sp³-hybridized carbons (Fsp3) is 0. The fourth-order valence-corrected chi connectivity index (χ4v) is 0.552. The minimum absolute atomic E-state index is 0.407. The molecule has 0 spiro atoms. The predicted molar refractivity (Wildman–Crippen MR) is 28.5 cm³/mol. The zero-order valence-electron chi connectivity index (χ0n) is 3.73. The van der Waals surface area contributed by atoms with Crippen LogP contribution >= 0.6 is 15.9 Å². The van der Waals surface area contributed by atoms with Gasteiger partial charge >= 0.3 is 0 Å². The maximum Gasteiger partial charge on any atom is 0.217 e. The van der Waals surface area contributed by atoms with Gasteiger partial charge in [-0.25, -0.2) is 4.98 Å². The van der Waals surface area contributed by atoms with Crippen molar-refractivity contribution in [1.82, 2.24) is 9.97 Å². The lowest BCUT2D eigenvalue weighted by atomic mass is 10.7. The summed E-state index contributed by atoms with van der Waals surface area (Å²) < 4.78 is 12.4. The highest BCUT2D eigenvalue weighted by Crippen LogP contribution is 2.02. The number of hydrogen-bond acceptors (Lipinski definition) is 2. The Hall–Kier alpha value is -0.510. The van der Waals surface area contributed by atoms with Crippen molar-refractivity contribution in [3.63, 3.8) is 0 Å². The van der Waals surface area contributed by atoms with Gasteiger partial charge < -0.3 is 0 Å². The van der Waals surface area contributed by atoms with E-state index < -0.39 is 5.95 Å². The molecule has 41 valence electrons. The predicted octanol–water partition coefficient (Wildman–Crippen LogP) is 1.18. The summed E-state index contributed by atoms with van der Waals surface area (Å²) >= 11 is 2.94. The van der Waals surface area contributed by atoms with Gasteiger partial charge in [-0.15, -0.1) is 0 Å². The largest absolute Gasteiger partial charge is 0.218 e. The van der Waals surface area contributed by atoms with E-state index in [0.717, 1.165) is 6.07 Å². The Morgan fingerprint density at radius 2 is 2.38 bits per heavy atom. The van der Waals surface area contributed by atoms with Crippen molar-refractivity contribution < 1.29 is 4.39 Å². The third kappa shape index (κ3) is 1.23. The maximum atomic E-state index is 12.0. The van der Waals surface area contributed by atoms with Crippen LogP contribution in [-0.4, -0.2) is 9.97 Å². The summed E-state index contributed by atoms with van der Waals surface area (Å²) in [5, 5.41) is 0. The van der Waals surface area contributed by atoms with Crippen molar-refractivity contribution in [2.75, 3.05) is 0 Å². The molecule has 4 heteroatoms. The van der Waals surface area contributed by atoms with E-state index in [1.807, 2.05) is 0 Å². The summed E-state index contributed by atoms with van der Waals surface area (Å²) in [6.45, 7) is 0. The van der Waals surface area contributed by atoms with Crippen LogP contribution in [0.3, 0.4) is 0 Å². The van der Waals surface area contributed by atoms with Crippen LogP contribution in [-0.2, 0) is 0 Å². The van der Waals surface area contributed by atoms with Crippen LogP contribution in [0.2, 0.25) is 0 Å². The molecular formula is C4HBrFN2. The lowest BCUT2D eigenvalue weighted by Crippen LogP contribution is -1.83. The lowest BCUT2D eigenvalue weighted by molar-refractivity contribution is 0.576. The summed E-state index contributed by atoms with van der Waals surface area (Å²) in [5.41, 5.74) is 0. The zero-order chi connectivity index (χ0) is 5.98. The number of hydrogen-bond donors (Lipinski definition) is 0. The van der Waals surface area contributed by atoms with Gasteiger partial charge in [0, 0.05) is 6.07 Å². The molecule has 0 atom stereocenters. The van der Waals surface area contributed by atoms with Gasteiger partial charge in [0.1, 0.15) is 4.60 Å². The van der Waals surface area contributed by atoms with E-state index in [2.05, 4.69) is 32.2 Å². The summed E-state index contributed by atoms with van der Waals surface area (Å²) in [6, 6.07) is 1.16. The molecule has 8 heavy (non-hydrogen) atoms. The molecule has 0 unspecified atom stereocenters. The minimum Gasteiger partial charge on any atom is -0.218 e. The van der Waals surface area contributed by atoms with Gasteiger partial charge in [-0.3, -0.25) is 0 Å². The van der Waals surface area contributed by atoms with Crippen molar-refractivity contribution in [3.05, 3.63) is 22.9 Å². The first-order chi connectivity index (χ1) is 3.79. The summed E-state index contributed by atoms with van der Waals surface area (Å²) in [4.78, 5) is 6.59. The third-order valence-electron chi connectivity index (χ3n) is 0.552. The van der Waals surface area contributed by atoms with Gasteiger partial charge in [-0.05, 0) is 15.9 Å². The Morgan fingerprint density at radius 1 is 1.62 bits per heavy atom. The van der Waals surface area contributed by atoms with Crippen LogP contribution < -0.4 is 0 Å². The molecule has 0 aromatic carbocycles. The van der Waals surface area contributed by atoms with E-state index >= 15 is 0 Å². The molecule has 1 rings (SSSR count). The molecule has 1 aromatic rings. The van der Waals surface area contributed by atoms with E-state index in [-0.39, 0.29) is 0 Å². The van der Waals surface area contributed by atoms with Crippen LogP contribution in [0.1, 0.15) is 0 Å². The molecule has 1 heterocycles. The molecule has 0 amide bonds. The molecule has 0 aliphatic rings. The van der Waals surface area contributed by atoms with Crippen LogP contribution in [0.25, 0.3) is 0 Å². The smallest absolute Gasteiger partial charge is 0.217 e. The van der Waals surface area contributed by atoms with E-state index in [0.29, 0.717) is 4.60 Å². The topological polar surface area (TPSA) is 25.8 Å². The number of nitrogens with zero attached hydrogens (tertiary/aromatic N) is 2. The third-order valence-corrected chi connectivity index (χ3v) is 0.958. The summed E-state index contributed by atoms with van der Waals surface area (Å²) in [6.07, 6.45) is 2.11. The van der Waals surface area contributed by atoms with Crippen molar-refractivity contribution in [2.45, 2.75) is 0 Å². The molecule has 0 bridgehead atoms. The van der Waals surface area contributed by atoms with Crippen LogP contribution in [0, 0.1) is 12.3 Å². The highest BCUT2D eigenvalue weighted by atomic mass is 79.9. The van der Waals surface area contributed by atoms with Crippen molar-refractivity contribution in [2.24, 2.45) is 0 Å². The molecule has 1 radical (unpaired) electrons. The van der Waals surface area contributed by atoms with Gasteiger partial charge in [0.25, 0.3) is 0 Å². The van der Waals surface area contributed by atoms with Gasteiger partial charge in [0.05, 0.1) is 0 Å². The first kappa shape index (κ1) is 5.62. The van der Waals surface area contributed by atoms with E-state index in [4.69, 9.17) is 0 Å². The Balaban J connectivity index is 3.08. The van der Waals surface area contributed by atoms with Gasteiger partial charge in [-0.1, -0.05) is 0 Å². The zero-order valence-corrected chi connectivity index (χ0v) is 5.31. The maximum absolute atomic E-state index is 12.0. The molecule has 2 nitrogen and oxygen atoms in total. The molecule has 0 saturated heterocycles. The normalized spacial score (nSPS) is 9.25. The Bertz CT molecular complexity index is 174. The number of aromatic nitrogens is 2. The monoisotopic (exact) mass is 175 g/mol. The van der Waals surface area contributed by atoms with Crippen molar-refractivity contribution in [3.8, 4) is 0 Å². The number of rotatable bonds is 0. The van der Waals surface area contributed by atoms with Gasteiger partial charge in [-0.2, -0.15) is 9.37 Å². The molecule has 0 aliphatic heterocycles. The first-order valence-electron chi connectivity index (χ1n) is 1.85. The van der Waals surface area contributed by atoms with E-state index in [9.17, 15) is 4.39 Å². The quantitative estimate of drug-likeness (QED) is 0.554. The van der Waals surface area contributed by atoms with Crippen LogP contribution in [0.15, 0.2) is 10.7 Å². The van der Waals surface area contributed by atoms with Crippen LogP contribution in [0.4, 0.5) is 4.39 Å². The second-order valence-corrected chi connectivity index (χ2v) is 1.93. The lowest BCUT2D eigenvalue weighted by Gasteiger charge is -1.83. The summed E-state index contributed by atoms with van der Waals surface area (Å²) in [7, 11) is 0. The second kappa shape index (κ2) is 2.17. The standard InChI is InChI=1S/C4HBrFN2/c5-3-1-4(6)8-2-7-3/h1H. The Kier molecular flexibility index (Phi) is 1.53. The molecular weight excluding hydrogens is 175 g/mol. The van der Waals surface area contributed by atoms with Gasteiger partial charge in [0.2, 0.25) is 12.3 Å². The second-order valence-electron chi connectivity index (χ2n) is 1.11. The molecule has 0 saturated carbocycles. The highest BCUT2D eigenvalue weighted by Gasteiger charge is 1.90. The average Bonchev–Trinajstić information content (AvgIpc) is 1.64. The minimum atomic E-state index is -0.577. The summed E-state index contributed by atoms with van der Waals surface area (Å²) in [5.74, 6) is -0.577. The molecule has 0 fully saturated rings. The Morgan fingerprint density at radius 3 is 2.75 bits per heavy atom. The Labute approximate surface area is 53.9 Å². The van der Waals surface area contributed by atoms with E-state index in [1.54, 1.807) is 0 Å².